The Hall–Kier alpha value is -4.99. The molecule has 1 aliphatic rings. The third-order valence-electron chi connectivity index (χ3n) is 6.20. The van der Waals surface area contributed by atoms with Crippen molar-refractivity contribution in [2.24, 2.45) is 0 Å². The molecule has 38 heavy (non-hydrogen) atoms. The number of hydrogen-bond donors (Lipinski definition) is 3. The van der Waals surface area contributed by atoms with Gasteiger partial charge in [-0.15, -0.1) is 0 Å². The van der Waals surface area contributed by atoms with E-state index in [4.69, 9.17) is 9.84 Å². The molecule has 196 valence electrons. The average Bonchev–Trinajstić information content (AvgIpc) is 3.54. The largest absolute Gasteiger partial charge is 0.481 e. The van der Waals surface area contributed by atoms with E-state index in [9.17, 15) is 29.8 Å². The van der Waals surface area contributed by atoms with Crippen LogP contribution in [-0.4, -0.2) is 61.3 Å². The van der Waals surface area contributed by atoms with E-state index >= 15 is 0 Å². The van der Waals surface area contributed by atoms with Crippen molar-refractivity contribution in [2.75, 3.05) is 6.54 Å². The summed E-state index contributed by atoms with van der Waals surface area (Å²) in [6.45, 7) is 0.396. The highest BCUT2D eigenvalue weighted by molar-refractivity contribution is 5.91. The first-order valence-electron chi connectivity index (χ1n) is 11.8. The van der Waals surface area contributed by atoms with Crippen molar-refractivity contribution in [3.8, 4) is 17.7 Å². The van der Waals surface area contributed by atoms with Gasteiger partial charge in [0, 0.05) is 48.6 Å². The number of likely N-dealkylation sites (tertiary alicyclic amines) is 1. The standard InChI is InChI=1S/C25H24N6O7/c26-12-16-2-1-9-30(16)25(35)21(29-22(32)6-8-24(33)34)10-15-13-27-20-5-4-18(11-19(15)20)38-23-7-3-17(14-28-23)31(36)37/h3-5,7,11,13-14,16,21,27H,1-2,6,8-10H2,(H,29,32)(H,33,34). The van der Waals surface area contributed by atoms with Crippen LogP contribution in [0.1, 0.15) is 31.2 Å². The number of ether oxygens (including phenoxy) is 1. The number of rotatable bonds is 10. The molecule has 4 rings (SSSR count). The van der Waals surface area contributed by atoms with Gasteiger partial charge in [-0.1, -0.05) is 0 Å². The van der Waals surface area contributed by atoms with Crippen LogP contribution in [0.25, 0.3) is 10.9 Å². The Bertz CT molecular complexity index is 1410. The first-order valence-corrected chi connectivity index (χ1v) is 11.8. The van der Waals surface area contributed by atoms with Crippen LogP contribution in [0, 0.1) is 21.4 Å². The molecule has 1 fully saturated rings. The maximum atomic E-state index is 13.4. The summed E-state index contributed by atoms with van der Waals surface area (Å²) in [6.07, 6.45) is 3.45. The lowest BCUT2D eigenvalue weighted by Gasteiger charge is -2.26. The van der Waals surface area contributed by atoms with Crippen molar-refractivity contribution in [2.45, 2.75) is 44.2 Å². The molecular formula is C25H24N6O7. The first kappa shape index (κ1) is 26.1. The highest BCUT2D eigenvalue weighted by atomic mass is 16.6. The van der Waals surface area contributed by atoms with Gasteiger partial charge in [0.15, 0.2) is 0 Å². The fourth-order valence-corrected chi connectivity index (χ4v) is 4.32. The van der Waals surface area contributed by atoms with Crippen molar-refractivity contribution in [3.63, 3.8) is 0 Å². The molecule has 1 aliphatic heterocycles. The maximum Gasteiger partial charge on any atom is 0.303 e. The molecule has 13 nitrogen and oxygen atoms in total. The van der Waals surface area contributed by atoms with E-state index in [1.807, 2.05) is 0 Å². The van der Waals surface area contributed by atoms with Crippen molar-refractivity contribution in [1.82, 2.24) is 20.2 Å². The van der Waals surface area contributed by atoms with Crippen LogP contribution < -0.4 is 10.1 Å². The molecule has 0 radical (unpaired) electrons. The molecule has 3 heterocycles. The Morgan fingerprint density at radius 3 is 2.82 bits per heavy atom. The number of hydrogen-bond acceptors (Lipinski definition) is 8. The molecule has 2 atom stereocenters. The number of nitro groups is 1. The summed E-state index contributed by atoms with van der Waals surface area (Å²) in [4.78, 5) is 55.5. The van der Waals surface area contributed by atoms with Crippen LogP contribution in [0.3, 0.4) is 0 Å². The highest BCUT2D eigenvalue weighted by Crippen LogP contribution is 2.28. The zero-order valence-electron chi connectivity index (χ0n) is 20.1. The molecule has 1 aromatic carbocycles. The lowest BCUT2D eigenvalue weighted by atomic mass is 10.0. The number of pyridine rings is 1. The molecule has 0 aliphatic carbocycles. The number of benzene rings is 1. The fraction of sp³-hybridized carbons (Fsp3) is 0.320. The van der Waals surface area contributed by atoms with Gasteiger partial charge in [-0.2, -0.15) is 5.26 Å². The third kappa shape index (κ3) is 6.04. The van der Waals surface area contributed by atoms with Gasteiger partial charge < -0.3 is 25.0 Å². The summed E-state index contributed by atoms with van der Waals surface area (Å²) in [7, 11) is 0. The molecule has 0 bridgehead atoms. The first-order chi connectivity index (χ1) is 18.2. The molecule has 0 spiro atoms. The monoisotopic (exact) mass is 520 g/mol. The number of carboxylic acid groups (broad SMARTS) is 1. The predicted molar refractivity (Wildman–Crippen MR) is 132 cm³/mol. The number of nitrogens with one attached hydrogen (secondary N) is 2. The summed E-state index contributed by atoms with van der Waals surface area (Å²) in [5.74, 6) is -1.56. The van der Waals surface area contributed by atoms with Gasteiger partial charge in [0.25, 0.3) is 5.69 Å². The number of aromatic amines is 1. The molecule has 13 heteroatoms. The van der Waals surface area contributed by atoms with Crippen molar-refractivity contribution < 1.29 is 29.2 Å². The average molecular weight is 521 g/mol. The normalized spacial score (nSPS) is 15.6. The minimum absolute atomic E-state index is 0.0888. The number of amides is 2. The van der Waals surface area contributed by atoms with Gasteiger partial charge >= 0.3 is 5.97 Å². The summed E-state index contributed by atoms with van der Waals surface area (Å²) in [5.41, 5.74) is 1.26. The predicted octanol–water partition coefficient (Wildman–Crippen LogP) is 2.67. The van der Waals surface area contributed by atoms with Crippen LogP contribution in [0.15, 0.2) is 42.7 Å². The minimum atomic E-state index is -1.13. The summed E-state index contributed by atoms with van der Waals surface area (Å²) in [6, 6.07) is 8.34. The van der Waals surface area contributed by atoms with Gasteiger partial charge in [-0.05, 0) is 36.6 Å². The number of aromatic nitrogens is 2. The second kappa shape index (κ2) is 11.4. The smallest absolute Gasteiger partial charge is 0.303 e. The zero-order valence-corrected chi connectivity index (χ0v) is 20.1. The number of carbonyl (C=O) groups excluding carboxylic acids is 2. The maximum absolute atomic E-state index is 13.4. The molecule has 1 saturated heterocycles. The van der Waals surface area contributed by atoms with E-state index in [0.717, 1.165) is 11.7 Å². The molecular weight excluding hydrogens is 496 g/mol. The fourth-order valence-electron chi connectivity index (χ4n) is 4.32. The van der Waals surface area contributed by atoms with Gasteiger partial charge in [0.05, 0.1) is 17.4 Å². The number of fused-ring (bicyclic) bond motifs is 1. The molecule has 3 aromatic rings. The second-order valence-electron chi connectivity index (χ2n) is 8.77. The molecule has 2 amide bonds. The second-order valence-corrected chi connectivity index (χ2v) is 8.77. The lowest BCUT2D eigenvalue weighted by molar-refractivity contribution is -0.385. The Labute approximate surface area is 216 Å². The van der Waals surface area contributed by atoms with Gasteiger partial charge in [-0.25, -0.2) is 4.98 Å². The number of carboxylic acids is 1. The molecule has 3 N–H and O–H groups in total. The quantitative estimate of drug-likeness (QED) is 0.266. The van der Waals surface area contributed by atoms with E-state index in [2.05, 4.69) is 21.4 Å². The van der Waals surface area contributed by atoms with Crippen LogP contribution in [0.2, 0.25) is 0 Å². The van der Waals surface area contributed by atoms with Gasteiger partial charge in [0.1, 0.15) is 24.0 Å². The van der Waals surface area contributed by atoms with Gasteiger partial charge in [-0.3, -0.25) is 24.5 Å². The minimum Gasteiger partial charge on any atom is -0.481 e. The Morgan fingerprint density at radius 1 is 1.32 bits per heavy atom. The molecule has 2 aromatic heterocycles. The lowest BCUT2D eigenvalue weighted by Crippen LogP contribution is -2.50. The number of nitriles is 1. The van der Waals surface area contributed by atoms with Crippen LogP contribution in [0.4, 0.5) is 5.69 Å². The van der Waals surface area contributed by atoms with Crippen LogP contribution in [0.5, 0.6) is 11.6 Å². The van der Waals surface area contributed by atoms with Crippen molar-refractivity contribution in [3.05, 3.63) is 58.4 Å². The number of aliphatic carboxylic acids is 1. The number of carbonyl (C=O) groups is 3. The van der Waals surface area contributed by atoms with E-state index < -0.39 is 34.8 Å². The summed E-state index contributed by atoms with van der Waals surface area (Å²) < 4.78 is 5.74. The van der Waals surface area contributed by atoms with Crippen molar-refractivity contribution >= 4 is 34.4 Å². The van der Waals surface area contributed by atoms with E-state index in [1.54, 1.807) is 24.4 Å². The Kier molecular flexibility index (Phi) is 7.81. The van der Waals surface area contributed by atoms with Gasteiger partial charge in [0.2, 0.25) is 17.7 Å². The summed E-state index contributed by atoms with van der Waals surface area (Å²) in [5, 5.41) is 32.5. The topological polar surface area (TPSA) is 192 Å². The SMILES string of the molecule is N#CC1CCCN1C(=O)C(Cc1c[nH]c2ccc(Oc3ccc([N+](=O)[O-])cn3)cc12)NC(=O)CCC(=O)O. The zero-order chi connectivity index (χ0) is 27.2. The summed E-state index contributed by atoms with van der Waals surface area (Å²) >= 11 is 0. The van der Waals surface area contributed by atoms with Crippen LogP contribution in [-0.2, 0) is 20.8 Å². The third-order valence-corrected chi connectivity index (χ3v) is 6.20. The highest BCUT2D eigenvalue weighted by Gasteiger charge is 2.34. The Morgan fingerprint density at radius 2 is 2.13 bits per heavy atom. The van der Waals surface area contributed by atoms with E-state index in [0.29, 0.717) is 36.1 Å². The van der Waals surface area contributed by atoms with Crippen LogP contribution >= 0.6 is 0 Å². The molecule has 2 unspecified atom stereocenters. The van der Waals surface area contributed by atoms with E-state index in [1.165, 1.54) is 17.0 Å². The van der Waals surface area contributed by atoms with E-state index in [-0.39, 0.29) is 30.8 Å². The van der Waals surface area contributed by atoms with Crippen molar-refractivity contribution in [1.29, 1.82) is 5.26 Å². The molecule has 0 saturated carbocycles. The number of nitrogens with zero attached hydrogens (tertiary/aromatic N) is 4. The Balaban J connectivity index is 1.57. The number of H-pyrrole nitrogens is 1.